The molecule has 0 heterocycles. The zero-order valence-corrected chi connectivity index (χ0v) is 22.3. The van der Waals surface area contributed by atoms with Gasteiger partial charge in [-0.3, -0.25) is 4.79 Å². The van der Waals surface area contributed by atoms with E-state index in [9.17, 15) is 15.0 Å². The molecule has 0 spiro atoms. The van der Waals surface area contributed by atoms with Gasteiger partial charge in [-0.25, -0.2) is 0 Å². The summed E-state index contributed by atoms with van der Waals surface area (Å²) in [5, 5.41) is 20.9. The largest absolute Gasteiger partial charge is 0.481 e. The first-order valence-electron chi connectivity index (χ1n) is 13.8. The Bertz CT molecular complexity index is 889. The van der Waals surface area contributed by atoms with Crippen LogP contribution in [0.1, 0.15) is 113 Å². The number of rotatable bonds is 1. The van der Waals surface area contributed by atoms with E-state index < -0.39 is 11.4 Å². The molecule has 0 saturated heterocycles. The molecule has 186 valence electrons. The average molecular weight is 457 g/mol. The van der Waals surface area contributed by atoms with Crippen LogP contribution in [0.3, 0.4) is 0 Å². The first-order valence-corrected chi connectivity index (χ1v) is 13.8. The zero-order valence-electron chi connectivity index (χ0n) is 22.3. The number of carboxylic acids is 1. The van der Waals surface area contributed by atoms with Gasteiger partial charge in [0, 0.05) is 0 Å². The Morgan fingerprint density at radius 1 is 0.879 bits per heavy atom. The van der Waals surface area contributed by atoms with E-state index in [0.29, 0.717) is 17.8 Å². The second kappa shape index (κ2) is 6.89. The van der Waals surface area contributed by atoms with Gasteiger partial charge in [0.1, 0.15) is 0 Å². The first-order chi connectivity index (χ1) is 15.1. The van der Waals surface area contributed by atoms with Crippen LogP contribution in [0.5, 0.6) is 0 Å². The lowest BCUT2D eigenvalue weighted by Gasteiger charge is -2.71. The number of aliphatic carboxylic acids is 1. The number of fused-ring (bicyclic) bond motifs is 7. The first kappa shape index (κ1) is 23.9. The van der Waals surface area contributed by atoms with Crippen LogP contribution in [0.4, 0.5) is 0 Å². The van der Waals surface area contributed by atoms with Crippen molar-refractivity contribution < 1.29 is 15.0 Å². The van der Waals surface area contributed by atoms with Crippen molar-refractivity contribution >= 4 is 5.97 Å². The van der Waals surface area contributed by atoms with Crippen molar-refractivity contribution in [1.82, 2.24) is 0 Å². The Balaban J connectivity index is 1.57. The van der Waals surface area contributed by atoms with Crippen molar-refractivity contribution in [2.75, 3.05) is 0 Å². The zero-order chi connectivity index (χ0) is 24.2. The molecule has 0 bridgehead atoms. The molecule has 2 N–H and O–H groups in total. The average Bonchev–Trinajstić information content (AvgIpc) is 2.73. The monoisotopic (exact) mass is 456 g/mol. The maximum atomic E-state index is 12.2. The lowest BCUT2D eigenvalue weighted by Crippen LogP contribution is -2.64. The van der Waals surface area contributed by atoms with Crippen molar-refractivity contribution in [1.29, 1.82) is 0 Å². The van der Waals surface area contributed by atoms with Gasteiger partial charge in [-0.1, -0.05) is 53.2 Å². The van der Waals surface area contributed by atoms with Gasteiger partial charge in [-0.15, -0.1) is 0 Å². The number of carboxylic acid groups (broad SMARTS) is 1. The normalized spacial score (nSPS) is 55.3. The summed E-state index contributed by atoms with van der Waals surface area (Å²) >= 11 is 0. The highest BCUT2D eigenvalue weighted by molar-refractivity contribution is 5.74. The minimum absolute atomic E-state index is 0.0168. The van der Waals surface area contributed by atoms with Gasteiger partial charge in [0.25, 0.3) is 0 Å². The number of aliphatic hydroxyl groups excluding tert-OH is 1. The second-order valence-electron chi connectivity index (χ2n) is 14.9. The van der Waals surface area contributed by atoms with Crippen LogP contribution < -0.4 is 0 Å². The number of hydrogen-bond donors (Lipinski definition) is 2. The smallest absolute Gasteiger partial charge is 0.309 e. The second-order valence-corrected chi connectivity index (χ2v) is 14.9. The molecule has 0 amide bonds. The van der Waals surface area contributed by atoms with Crippen LogP contribution in [0.2, 0.25) is 0 Å². The van der Waals surface area contributed by atoms with Gasteiger partial charge in [-0.05, 0) is 116 Å². The summed E-state index contributed by atoms with van der Waals surface area (Å²) in [5.41, 5.74) is 1.94. The highest BCUT2D eigenvalue weighted by Gasteiger charge is 2.68. The Kier molecular flexibility index (Phi) is 4.99. The fourth-order valence-corrected chi connectivity index (χ4v) is 10.5. The van der Waals surface area contributed by atoms with Crippen molar-refractivity contribution in [2.24, 2.45) is 50.2 Å². The summed E-state index contributed by atoms with van der Waals surface area (Å²) in [4.78, 5) is 12.2. The van der Waals surface area contributed by atoms with Gasteiger partial charge in [-0.2, -0.15) is 0 Å². The van der Waals surface area contributed by atoms with Crippen molar-refractivity contribution in [3.63, 3.8) is 0 Å². The van der Waals surface area contributed by atoms with Crippen LogP contribution in [0.25, 0.3) is 0 Å². The summed E-state index contributed by atoms with van der Waals surface area (Å²) in [6.45, 7) is 16.8. The van der Waals surface area contributed by atoms with E-state index in [0.717, 1.165) is 38.5 Å². The molecule has 5 aliphatic carbocycles. The van der Waals surface area contributed by atoms with Gasteiger partial charge in [0.05, 0.1) is 11.5 Å². The van der Waals surface area contributed by atoms with E-state index in [1.54, 1.807) is 5.57 Å². The molecular weight excluding hydrogens is 408 g/mol. The van der Waals surface area contributed by atoms with Gasteiger partial charge in [0.2, 0.25) is 0 Å². The van der Waals surface area contributed by atoms with Gasteiger partial charge >= 0.3 is 5.97 Å². The number of aliphatic hydroxyl groups is 1. The third-order valence-corrected chi connectivity index (χ3v) is 13.3. The molecule has 3 unspecified atom stereocenters. The summed E-state index contributed by atoms with van der Waals surface area (Å²) in [7, 11) is 0. The number of allylic oxidation sites excluding steroid dienone is 2. The maximum absolute atomic E-state index is 12.2. The molecule has 0 aromatic heterocycles. The number of hydrogen-bond acceptors (Lipinski definition) is 2. The molecule has 0 aliphatic heterocycles. The maximum Gasteiger partial charge on any atom is 0.309 e. The molecule has 0 aromatic carbocycles. The van der Waals surface area contributed by atoms with Crippen molar-refractivity contribution in [3.8, 4) is 0 Å². The molecule has 0 radical (unpaired) electrons. The number of carbonyl (C=O) groups is 1. The minimum atomic E-state index is -0.603. The highest BCUT2D eigenvalue weighted by atomic mass is 16.4. The Hall–Kier alpha value is -0.830. The fraction of sp³-hybridized carbons (Fsp3) is 0.900. The summed E-state index contributed by atoms with van der Waals surface area (Å²) < 4.78 is 0. The summed E-state index contributed by atoms with van der Waals surface area (Å²) in [6.07, 6.45) is 13.2. The molecule has 0 aromatic rings. The molecule has 5 aliphatic rings. The van der Waals surface area contributed by atoms with Gasteiger partial charge < -0.3 is 10.2 Å². The SMILES string of the molecule is CC1(C)C2CC[C@]3(C)C(CC=C4C5C[C@@](C)(C(=O)O)CC[C@]5(C)CC[C@]43C)[C@@]2(C)CC[C@@H]1O. The molecule has 3 nitrogen and oxygen atoms in total. The van der Waals surface area contributed by atoms with Crippen molar-refractivity contribution in [2.45, 2.75) is 119 Å². The summed E-state index contributed by atoms with van der Waals surface area (Å²) in [6, 6.07) is 0. The fourth-order valence-electron chi connectivity index (χ4n) is 10.5. The van der Waals surface area contributed by atoms with Crippen LogP contribution in [0.15, 0.2) is 11.6 Å². The van der Waals surface area contributed by atoms with E-state index in [-0.39, 0.29) is 33.2 Å². The van der Waals surface area contributed by atoms with Gasteiger partial charge in [0.15, 0.2) is 0 Å². The van der Waals surface area contributed by atoms with E-state index >= 15 is 0 Å². The lowest BCUT2D eigenvalue weighted by atomic mass is 9.33. The van der Waals surface area contributed by atoms with Crippen LogP contribution >= 0.6 is 0 Å². The Morgan fingerprint density at radius 2 is 1.55 bits per heavy atom. The molecule has 4 fully saturated rings. The molecule has 4 saturated carbocycles. The molecular formula is C30H48O3. The predicted octanol–water partition coefficient (Wildman–Crippen LogP) is 7.23. The molecule has 5 rings (SSSR count). The third-order valence-electron chi connectivity index (χ3n) is 13.3. The van der Waals surface area contributed by atoms with Crippen LogP contribution in [-0.2, 0) is 4.79 Å². The Labute approximate surface area is 201 Å². The lowest BCUT2D eigenvalue weighted by molar-refractivity contribution is -0.203. The molecule has 3 heteroatoms. The predicted molar refractivity (Wildman–Crippen MR) is 133 cm³/mol. The quantitative estimate of drug-likeness (QED) is 0.409. The highest BCUT2D eigenvalue weighted by Crippen LogP contribution is 2.75. The topological polar surface area (TPSA) is 57.5 Å². The Morgan fingerprint density at radius 3 is 2.21 bits per heavy atom. The van der Waals surface area contributed by atoms with Crippen LogP contribution in [0, 0.1) is 50.2 Å². The van der Waals surface area contributed by atoms with Crippen molar-refractivity contribution in [3.05, 3.63) is 11.6 Å². The van der Waals surface area contributed by atoms with E-state index in [4.69, 9.17) is 0 Å². The molecule has 9 atom stereocenters. The van der Waals surface area contributed by atoms with E-state index in [1.165, 1.54) is 25.7 Å². The van der Waals surface area contributed by atoms with E-state index in [2.05, 4.69) is 47.6 Å². The minimum Gasteiger partial charge on any atom is -0.481 e. The summed E-state index contributed by atoms with van der Waals surface area (Å²) in [5.74, 6) is 1.01. The molecule has 33 heavy (non-hydrogen) atoms. The third kappa shape index (κ3) is 2.87. The van der Waals surface area contributed by atoms with E-state index in [1.807, 2.05) is 6.92 Å². The van der Waals surface area contributed by atoms with Crippen LogP contribution in [-0.4, -0.2) is 22.3 Å². The standard InChI is InChI=1S/C30H48O3/c1-25(2)21-10-13-30(7)22(28(21,5)12-11-23(25)31)9-8-19-20-18-27(4,24(32)33)15-14-26(20,3)16-17-29(19,30)6/h8,20-23,31H,9-18H2,1-7H3,(H,32,33)/t20?,21?,22?,23-,26+,27-,28-,29+,30+/m0/s1.